The molecule has 0 bridgehead atoms. The van der Waals surface area contributed by atoms with Crippen molar-refractivity contribution in [2.24, 2.45) is 0 Å². The van der Waals surface area contributed by atoms with E-state index in [-0.39, 0.29) is 11.8 Å². The van der Waals surface area contributed by atoms with Gasteiger partial charge in [-0.05, 0) is 41.0 Å². The monoisotopic (exact) mass is 422 g/mol. The summed E-state index contributed by atoms with van der Waals surface area (Å²) in [7, 11) is 0. The number of rotatable bonds is 5. The Hall–Kier alpha value is -3.70. The number of nitrogens with zero attached hydrogens (tertiary/aromatic N) is 4. The molecule has 32 heavy (non-hydrogen) atoms. The number of hydrogen-bond donors (Lipinski definition) is 1. The van der Waals surface area contributed by atoms with Gasteiger partial charge in [-0.1, -0.05) is 54.6 Å². The number of aromatic hydroxyl groups is 1. The first-order valence-corrected chi connectivity index (χ1v) is 10.9. The summed E-state index contributed by atoms with van der Waals surface area (Å²) in [6, 6.07) is 24.1. The first-order chi connectivity index (χ1) is 15.7. The standard InChI is InChI=1S/C27H26N4O/c1-2-26(21-6-4-3-5-7-21)30-14-16-31(17-15-30)27-19-28-24-13-10-22(18-25(24)29-27)20-8-11-23(32)12-9-20/h2-13,18-19,26,32H,1,14-17H2. The molecule has 0 spiro atoms. The van der Waals surface area contributed by atoms with Crippen molar-refractivity contribution in [1.82, 2.24) is 14.9 Å². The maximum absolute atomic E-state index is 9.55. The number of benzene rings is 3. The summed E-state index contributed by atoms with van der Waals surface area (Å²) in [4.78, 5) is 14.4. The molecule has 1 atom stereocenters. The van der Waals surface area contributed by atoms with E-state index in [0.717, 1.165) is 54.2 Å². The molecule has 1 aliphatic rings. The van der Waals surface area contributed by atoms with Crippen LogP contribution < -0.4 is 4.90 Å². The van der Waals surface area contributed by atoms with Gasteiger partial charge in [-0.15, -0.1) is 6.58 Å². The summed E-state index contributed by atoms with van der Waals surface area (Å²) < 4.78 is 0. The van der Waals surface area contributed by atoms with Crippen LogP contribution in [-0.2, 0) is 0 Å². The van der Waals surface area contributed by atoms with Gasteiger partial charge in [0.1, 0.15) is 11.6 Å². The lowest BCUT2D eigenvalue weighted by molar-refractivity contribution is 0.217. The minimum atomic E-state index is 0.230. The maximum Gasteiger partial charge on any atom is 0.147 e. The van der Waals surface area contributed by atoms with E-state index in [1.54, 1.807) is 12.1 Å². The van der Waals surface area contributed by atoms with Crippen molar-refractivity contribution in [1.29, 1.82) is 0 Å². The highest BCUT2D eigenvalue weighted by atomic mass is 16.3. The summed E-state index contributed by atoms with van der Waals surface area (Å²) in [5.41, 5.74) is 5.14. The largest absolute Gasteiger partial charge is 0.508 e. The molecule has 0 amide bonds. The Labute approximate surface area is 188 Å². The van der Waals surface area contributed by atoms with Gasteiger partial charge in [0.25, 0.3) is 0 Å². The van der Waals surface area contributed by atoms with E-state index in [1.165, 1.54) is 5.56 Å². The minimum Gasteiger partial charge on any atom is -0.508 e. The zero-order valence-corrected chi connectivity index (χ0v) is 17.9. The van der Waals surface area contributed by atoms with Crippen molar-refractivity contribution in [3.63, 3.8) is 0 Å². The summed E-state index contributed by atoms with van der Waals surface area (Å²) in [5, 5.41) is 9.55. The smallest absolute Gasteiger partial charge is 0.147 e. The SMILES string of the molecule is C=CC(c1ccccc1)N1CCN(c2cnc3ccc(-c4ccc(O)cc4)cc3n2)CC1. The molecule has 160 valence electrons. The highest BCUT2D eigenvalue weighted by Gasteiger charge is 2.24. The van der Waals surface area contributed by atoms with Gasteiger partial charge in [0.15, 0.2) is 0 Å². The number of aromatic nitrogens is 2. The van der Waals surface area contributed by atoms with E-state index in [4.69, 9.17) is 4.98 Å². The van der Waals surface area contributed by atoms with Gasteiger partial charge in [-0.2, -0.15) is 0 Å². The van der Waals surface area contributed by atoms with Gasteiger partial charge in [-0.3, -0.25) is 9.88 Å². The second-order valence-corrected chi connectivity index (χ2v) is 8.09. The summed E-state index contributed by atoms with van der Waals surface area (Å²) >= 11 is 0. The van der Waals surface area contributed by atoms with Crippen molar-refractivity contribution in [3.8, 4) is 16.9 Å². The molecule has 1 aromatic heterocycles. The minimum absolute atomic E-state index is 0.230. The number of piperazine rings is 1. The molecule has 0 aliphatic carbocycles. The molecular formula is C27H26N4O. The first-order valence-electron chi connectivity index (χ1n) is 10.9. The Kier molecular flexibility index (Phi) is 5.57. The van der Waals surface area contributed by atoms with E-state index in [1.807, 2.05) is 42.6 Å². The van der Waals surface area contributed by atoms with Gasteiger partial charge in [0.05, 0.1) is 23.3 Å². The Bertz CT molecular complexity index is 1220. The normalized spacial score (nSPS) is 15.6. The highest BCUT2D eigenvalue weighted by Crippen LogP contribution is 2.27. The molecule has 5 nitrogen and oxygen atoms in total. The summed E-state index contributed by atoms with van der Waals surface area (Å²) in [5.74, 6) is 1.18. The first kappa shape index (κ1) is 20.2. The van der Waals surface area contributed by atoms with E-state index in [0.29, 0.717) is 0 Å². The summed E-state index contributed by atoms with van der Waals surface area (Å²) in [6.07, 6.45) is 3.91. The molecule has 5 rings (SSSR count). The number of fused-ring (bicyclic) bond motifs is 1. The van der Waals surface area contributed by atoms with Crippen molar-refractivity contribution in [2.75, 3.05) is 31.1 Å². The van der Waals surface area contributed by atoms with Crippen LogP contribution >= 0.6 is 0 Å². The number of phenols is 1. The van der Waals surface area contributed by atoms with Crippen LogP contribution in [0.5, 0.6) is 5.75 Å². The average Bonchev–Trinajstić information content (AvgIpc) is 2.85. The van der Waals surface area contributed by atoms with Crippen LogP contribution in [0.1, 0.15) is 11.6 Å². The van der Waals surface area contributed by atoms with Gasteiger partial charge >= 0.3 is 0 Å². The lowest BCUT2D eigenvalue weighted by Gasteiger charge is -2.38. The second-order valence-electron chi connectivity index (χ2n) is 8.09. The third-order valence-electron chi connectivity index (χ3n) is 6.13. The van der Waals surface area contributed by atoms with Crippen molar-refractivity contribution < 1.29 is 5.11 Å². The molecule has 1 fully saturated rings. The van der Waals surface area contributed by atoms with E-state index >= 15 is 0 Å². The van der Waals surface area contributed by atoms with E-state index in [2.05, 4.69) is 51.7 Å². The lowest BCUT2D eigenvalue weighted by atomic mass is 10.0. The fourth-order valence-corrected chi connectivity index (χ4v) is 4.36. The van der Waals surface area contributed by atoms with Crippen molar-refractivity contribution >= 4 is 16.9 Å². The molecule has 2 heterocycles. The third-order valence-corrected chi connectivity index (χ3v) is 6.13. The predicted molar refractivity (Wildman–Crippen MR) is 130 cm³/mol. The van der Waals surface area contributed by atoms with Gasteiger partial charge in [-0.25, -0.2) is 4.98 Å². The third kappa shape index (κ3) is 4.07. The molecule has 1 unspecified atom stereocenters. The predicted octanol–water partition coefficient (Wildman–Crippen LogP) is 5.05. The molecule has 0 radical (unpaired) electrons. The van der Waals surface area contributed by atoms with Crippen LogP contribution in [0.2, 0.25) is 0 Å². The Morgan fingerprint density at radius 2 is 1.56 bits per heavy atom. The number of phenolic OH excluding ortho intramolecular Hbond substituents is 1. The molecule has 0 saturated carbocycles. The van der Waals surface area contributed by atoms with Crippen molar-refractivity contribution in [2.45, 2.75) is 6.04 Å². The molecule has 1 N–H and O–H groups in total. The zero-order chi connectivity index (χ0) is 21.9. The molecule has 3 aromatic carbocycles. The van der Waals surface area contributed by atoms with Crippen molar-refractivity contribution in [3.05, 3.63) is 97.2 Å². The molecular weight excluding hydrogens is 396 g/mol. The molecule has 1 saturated heterocycles. The Morgan fingerprint density at radius 1 is 0.844 bits per heavy atom. The van der Waals surface area contributed by atoms with Crippen LogP contribution in [0, 0.1) is 0 Å². The molecule has 4 aromatic rings. The lowest BCUT2D eigenvalue weighted by Crippen LogP contribution is -2.47. The van der Waals surface area contributed by atoms with Gasteiger partial charge < -0.3 is 10.0 Å². The number of hydrogen-bond acceptors (Lipinski definition) is 5. The van der Waals surface area contributed by atoms with E-state index < -0.39 is 0 Å². The average molecular weight is 423 g/mol. The van der Waals surface area contributed by atoms with Crippen LogP contribution in [0.4, 0.5) is 5.82 Å². The van der Waals surface area contributed by atoms with Crippen LogP contribution in [0.3, 0.4) is 0 Å². The Balaban J connectivity index is 1.34. The molecule has 5 heteroatoms. The Morgan fingerprint density at radius 3 is 2.28 bits per heavy atom. The number of anilines is 1. The highest BCUT2D eigenvalue weighted by molar-refractivity contribution is 5.82. The molecule has 1 aliphatic heterocycles. The second kappa shape index (κ2) is 8.81. The van der Waals surface area contributed by atoms with Crippen LogP contribution in [0.15, 0.2) is 91.6 Å². The quantitative estimate of drug-likeness (QED) is 0.456. The summed E-state index contributed by atoms with van der Waals surface area (Å²) in [6.45, 7) is 7.75. The maximum atomic E-state index is 9.55. The van der Waals surface area contributed by atoms with Crippen LogP contribution in [0.25, 0.3) is 22.2 Å². The van der Waals surface area contributed by atoms with Gasteiger partial charge in [0, 0.05) is 26.2 Å². The zero-order valence-electron chi connectivity index (χ0n) is 17.9. The fraction of sp³-hybridized carbons (Fsp3) is 0.185. The van der Waals surface area contributed by atoms with E-state index in [9.17, 15) is 5.11 Å². The van der Waals surface area contributed by atoms with Gasteiger partial charge in [0.2, 0.25) is 0 Å². The topological polar surface area (TPSA) is 52.5 Å². The van der Waals surface area contributed by atoms with Crippen LogP contribution in [-0.4, -0.2) is 46.2 Å². The fourth-order valence-electron chi connectivity index (χ4n) is 4.36.